The van der Waals surface area contributed by atoms with E-state index in [0.29, 0.717) is 22.7 Å². The van der Waals surface area contributed by atoms with Gasteiger partial charge in [0.1, 0.15) is 6.29 Å². The van der Waals surface area contributed by atoms with E-state index in [1.807, 2.05) is 0 Å². The maximum Gasteiger partial charge on any atom is 0.175 e. The fourth-order valence-electron chi connectivity index (χ4n) is 2.35. The molecule has 0 saturated carbocycles. The molecule has 2 rings (SSSR count). The number of pyridine rings is 1. The van der Waals surface area contributed by atoms with E-state index in [-0.39, 0.29) is 5.92 Å². The first-order valence-electron chi connectivity index (χ1n) is 5.59. The number of sulfone groups is 1. The number of hydrogen-bond donors (Lipinski definition) is 0. The van der Waals surface area contributed by atoms with Gasteiger partial charge < -0.3 is 4.79 Å². The summed E-state index contributed by atoms with van der Waals surface area (Å²) >= 11 is 0. The van der Waals surface area contributed by atoms with Crippen molar-refractivity contribution in [3.05, 3.63) is 23.0 Å². The highest BCUT2D eigenvalue weighted by atomic mass is 32.2. The van der Waals surface area contributed by atoms with Crippen LogP contribution in [0.5, 0.6) is 0 Å². The van der Waals surface area contributed by atoms with Gasteiger partial charge in [0, 0.05) is 11.9 Å². The van der Waals surface area contributed by atoms with Crippen molar-refractivity contribution in [1.29, 1.82) is 0 Å². The predicted molar refractivity (Wildman–Crippen MR) is 63.8 cm³/mol. The van der Waals surface area contributed by atoms with E-state index in [9.17, 15) is 13.2 Å². The monoisotopic (exact) mass is 253 g/mol. The van der Waals surface area contributed by atoms with Crippen LogP contribution in [0.3, 0.4) is 0 Å². The van der Waals surface area contributed by atoms with Gasteiger partial charge in [0.2, 0.25) is 0 Å². The van der Waals surface area contributed by atoms with E-state index in [0.717, 1.165) is 24.7 Å². The summed E-state index contributed by atoms with van der Waals surface area (Å²) in [5.41, 5.74) is 2.05. The fourth-order valence-corrected chi connectivity index (χ4v) is 3.39. The Kier molecular flexibility index (Phi) is 3.03. The van der Waals surface area contributed by atoms with Gasteiger partial charge in [-0.1, -0.05) is 0 Å². The SMILES string of the molecule is Cc1cc(S(C)(=O)=O)c2c(n1)C(C=O)CCC2. The van der Waals surface area contributed by atoms with Gasteiger partial charge in [-0.2, -0.15) is 0 Å². The Morgan fingerprint density at radius 3 is 2.76 bits per heavy atom. The highest BCUT2D eigenvalue weighted by molar-refractivity contribution is 7.90. The first kappa shape index (κ1) is 12.2. The minimum absolute atomic E-state index is 0.251. The largest absolute Gasteiger partial charge is 0.303 e. The number of aromatic nitrogens is 1. The van der Waals surface area contributed by atoms with Gasteiger partial charge in [0.25, 0.3) is 0 Å². The number of aryl methyl sites for hydroxylation is 1. The summed E-state index contributed by atoms with van der Waals surface area (Å²) in [5, 5.41) is 0. The quantitative estimate of drug-likeness (QED) is 0.748. The summed E-state index contributed by atoms with van der Waals surface area (Å²) in [6.07, 6.45) is 4.36. The van der Waals surface area contributed by atoms with E-state index < -0.39 is 9.84 Å². The first-order chi connectivity index (χ1) is 7.93. The van der Waals surface area contributed by atoms with Crippen molar-refractivity contribution in [2.24, 2.45) is 0 Å². The molecule has 1 aromatic rings. The summed E-state index contributed by atoms with van der Waals surface area (Å²) < 4.78 is 23.5. The molecule has 0 bridgehead atoms. The van der Waals surface area contributed by atoms with Crippen LogP contribution in [0.1, 0.15) is 35.7 Å². The molecular weight excluding hydrogens is 238 g/mol. The molecule has 1 aliphatic rings. The standard InChI is InChI=1S/C12H15NO3S/c1-8-6-11(17(2,15)16)10-5-3-4-9(7-14)12(10)13-8/h6-7,9H,3-5H2,1-2H3. The molecule has 0 spiro atoms. The van der Waals surface area contributed by atoms with Crippen molar-refractivity contribution in [2.45, 2.75) is 37.0 Å². The Balaban J connectivity index is 2.72. The molecule has 1 atom stereocenters. The molecule has 0 N–H and O–H groups in total. The molecule has 0 amide bonds. The second kappa shape index (κ2) is 4.22. The van der Waals surface area contributed by atoms with Gasteiger partial charge in [-0.15, -0.1) is 0 Å². The van der Waals surface area contributed by atoms with Gasteiger partial charge >= 0.3 is 0 Å². The maximum absolute atomic E-state index is 11.7. The third-order valence-corrected chi connectivity index (χ3v) is 4.26. The van der Waals surface area contributed by atoms with Gasteiger partial charge in [0.15, 0.2) is 9.84 Å². The molecule has 1 unspecified atom stereocenters. The molecule has 4 nitrogen and oxygen atoms in total. The third-order valence-electron chi connectivity index (χ3n) is 3.10. The Hall–Kier alpha value is -1.23. The Morgan fingerprint density at radius 1 is 1.47 bits per heavy atom. The van der Waals surface area contributed by atoms with Crippen molar-refractivity contribution in [3.63, 3.8) is 0 Å². The van der Waals surface area contributed by atoms with E-state index in [4.69, 9.17) is 0 Å². The van der Waals surface area contributed by atoms with Crippen LogP contribution in [-0.2, 0) is 21.1 Å². The molecular formula is C12H15NO3S. The minimum Gasteiger partial charge on any atom is -0.303 e. The van der Waals surface area contributed by atoms with Crippen molar-refractivity contribution in [1.82, 2.24) is 4.98 Å². The number of rotatable bonds is 2. The smallest absolute Gasteiger partial charge is 0.175 e. The second-order valence-corrected chi connectivity index (χ2v) is 6.52. The summed E-state index contributed by atoms with van der Waals surface area (Å²) in [6.45, 7) is 1.76. The summed E-state index contributed by atoms with van der Waals surface area (Å²) in [4.78, 5) is 15.7. The summed E-state index contributed by atoms with van der Waals surface area (Å²) in [6, 6.07) is 1.60. The lowest BCUT2D eigenvalue weighted by Crippen LogP contribution is -2.17. The molecule has 1 aromatic heterocycles. The minimum atomic E-state index is -3.25. The number of hydrogen-bond acceptors (Lipinski definition) is 4. The van der Waals surface area contributed by atoms with Crippen molar-refractivity contribution >= 4 is 16.1 Å². The first-order valence-corrected chi connectivity index (χ1v) is 7.48. The molecule has 0 saturated heterocycles. The number of aldehydes is 1. The zero-order valence-corrected chi connectivity index (χ0v) is 10.8. The molecule has 5 heteroatoms. The molecule has 1 aliphatic carbocycles. The molecule has 17 heavy (non-hydrogen) atoms. The van der Waals surface area contributed by atoms with E-state index in [2.05, 4.69) is 4.98 Å². The van der Waals surface area contributed by atoms with Crippen LogP contribution in [0.25, 0.3) is 0 Å². The van der Waals surface area contributed by atoms with Crippen LogP contribution in [0.2, 0.25) is 0 Å². The summed E-state index contributed by atoms with van der Waals surface area (Å²) in [5.74, 6) is -0.251. The van der Waals surface area contributed by atoms with Gasteiger partial charge in [0.05, 0.1) is 16.5 Å². The number of carbonyl (C=O) groups is 1. The highest BCUT2D eigenvalue weighted by Gasteiger charge is 2.27. The molecule has 0 radical (unpaired) electrons. The molecule has 1 heterocycles. The molecule has 0 aromatic carbocycles. The lowest BCUT2D eigenvalue weighted by Gasteiger charge is -2.22. The lowest BCUT2D eigenvalue weighted by atomic mass is 9.87. The van der Waals surface area contributed by atoms with Crippen LogP contribution < -0.4 is 0 Å². The third kappa shape index (κ3) is 2.24. The van der Waals surface area contributed by atoms with Crippen LogP contribution >= 0.6 is 0 Å². The van der Waals surface area contributed by atoms with E-state index >= 15 is 0 Å². The Bertz CT molecular complexity index is 563. The van der Waals surface area contributed by atoms with Crippen molar-refractivity contribution < 1.29 is 13.2 Å². The lowest BCUT2D eigenvalue weighted by molar-refractivity contribution is -0.109. The van der Waals surface area contributed by atoms with E-state index in [1.54, 1.807) is 13.0 Å². The maximum atomic E-state index is 11.7. The molecule has 0 fully saturated rings. The van der Waals surface area contributed by atoms with Crippen LogP contribution in [0.15, 0.2) is 11.0 Å². The highest BCUT2D eigenvalue weighted by Crippen LogP contribution is 2.33. The Morgan fingerprint density at radius 2 is 2.18 bits per heavy atom. The van der Waals surface area contributed by atoms with Crippen LogP contribution in [-0.4, -0.2) is 25.9 Å². The summed E-state index contributed by atoms with van der Waals surface area (Å²) in [7, 11) is -3.25. The zero-order chi connectivity index (χ0) is 12.6. The van der Waals surface area contributed by atoms with Crippen LogP contribution in [0, 0.1) is 6.92 Å². The number of nitrogens with zero attached hydrogens (tertiary/aromatic N) is 1. The average Bonchev–Trinajstić information content (AvgIpc) is 2.26. The zero-order valence-electron chi connectivity index (χ0n) is 9.93. The van der Waals surface area contributed by atoms with Gasteiger partial charge in [-0.25, -0.2) is 8.42 Å². The second-order valence-electron chi connectivity index (χ2n) is 4.53. The average molecular weight is 253 g/mol. The van der Waals surface area contributed by atoms with Gasteiger partial charge in [-0.3, -0.25) is 4.98 Å². The van der Waals surface area contributed by atoms with Gasteiger partial charge in [-0.05, 0) is 37.8 Å². The van der Waals surface area contributed by atoms with Crippen molar-refractivity contribution in [3.8, 4) is 0 Å². The fraction of sp³-hybridized carbons (Fsp3) is 0.500. The number of fused-ring (bicyclic) bond motifs is 1. The Labute approximate surface area is 101 Å². The normalized spacial score (nSPS) is 19.8. The molecule has 92 valence electrons. The van der Waals surface area contributed by atoms with E-state index in [1.165, 1.54) is 6.26 Å². The predicted octanol–water partition coefficient (Wildman–Crippen LogP) is 1.41. The van der Waals surface area contributed by atoms with Crippen molar-refractivity contribution in [2.75, 3.05) is 6.26 Å². The molecule has 0 aliphatic heterocycles. The number of carbonyl (C=O) groups excluding carboxylic acids is 1. The van der Waals surface area contributed by atoms with Crippen LogP contribution in [0.4, 0.5) is 0 Å². The topological polar surface area (TPSA) is 64.1 Å².